The first kappa shape index (κ1) is 7.27. The molecule has 2 rings (SSSR count). The van der Waals surface area contributed by atoms with Gasteiger partial charge >= 0.3 is 5.82 Å². The Kier molecular flexibility index (Phi) is 1.56. The molecule has 0 radical (unpaired) electrons. The molecule has 0 aliphatic heterocycles. The first-order valence-corrected chi connectivity index (χ1v) is 3.95. The summed E-state index contributed by atoms with van der Waals surface area (Å²) in [4.78, 5) is 13.5. The van der Waals surface area contributed by atoms with Crippen LogP contribution in [-0.2, 0) is 0 Å². The highest BCUT2D eigenvalue weighted by Gasteiger charge is 2.22. The van der Waals surface area contributed by atoms with Crippen LogP contribution >= 0.6 is 0 Å². The summed E-state index contributed by atoms with van der Waals surface area (Å²) < 4.78 is 1.83. The van der Waals surface area contributed by atoms with E-state index >= 15 is 0 Å². The highest BCUT2D eigenvalue weighted by molar-refractivity contribution is 5.13. The second-order valence-electron chi connectivity index (χ2n) is 3.02. The predicted molar refractivity (Wildman–Crippen MR) is 41.8 cm³/mol. The van der Waals surface area contributed by atoms with E-state index in [4.69, 9.17) is 0 Å². The fourth-order valence-electron chi connectivity index (χ4n) is 1.30. The monoisotopic (exact) mass is 167 g/mol. The molecule has 0 unspecified atom stereocenters. The smallest absolute Gasteiger partial charge is 0.358 e. The van der Waals surface area contributed by atoms with Crippen molar-refractivity contribution in [2.24, 2.45) is 0 Å². The first-order valence-electron chi connectivity index (χ1n) is 3.95. The van der Waals surface area contributed by atoms with Gasteiger partial charge < -0.3 is 14.7 Å². The average Bonchev–Trinajstić information content (AvgIpc) is 2.32. The summed E-state index contributed by atoms with van der Waals surface area (Å²) in [5.41, 5.74) is 0. The van der Waals surface area contributed by atoms with Crippen molar-refractivity contribution in [1.82, 2.24) is 9.55 Å². The zero-order chi connectivity index (χ0) is 8.55. The molecule has 0 bridgehead atoms. The van der Waals surface area contributed by atoms with Crippen LogP contribution in [0.5, 0.6) is 0 Å². The summed E-state index contributed by atoms with van der Waals surface area (Å²) in [5.74, 6) is -0.0538. The maximum atomic E-state index is 10.3. The van der Waals surface area contributed by atoms with Gasteiger partial charge in [0.15, 0.2) is 0 Å². The molecular formula is C7H9N3O2. The van der Waals surface area contributed by atoms with Crippen LogP contribution in [0, 0.1) is 10.1 Å². The van der Waals surface area contributed by atoms with Gasteiger partial charge in [0.25, 0.3) is 0 Å². The van der Waals surface area contributed by atoms with E-state index in [0.717, 1.165) is 12.8 Å². The first-order chi connectivity index (χ1) is 5.77. The van der Waals surface area contributed by atoms with Gasteiger partial charge in [-0.1, -0.05) is 0 Å². The summed E-state index contributed by atoms with van der Waals surface area (Å²) in [5, 5.41) is 10.3. The minimum Gasteiger partial charge on any atom is -0.358 e. The van der Waals surface area contributed by atoms with E-state index in [1.165, 1.54) is 12.6 Å². The molecule has 0 atom stereocenters. The van der Waals surface area contributed by atoms with Crippen molar-refractivity contribution in [3.05, 3.63) is 22.6 Å². The Balaban J connectivity index is 2.17. The Morgan fingerprint density at radius 3 is 2.83 bits per heavy atom. The number of rotatable bonds is 2. The van der Waals surface area contributed by atoms with Gasteiger partial charge in [-0.15, -0.1) is 0 Å². The molecule has 0 N–H and O–H groups in total. The number of nitro groups is 1. The Bertz CT molecular complexity index is 303. The van der Waals surface area contributed by atoms with E-state index in [-0.39, 0.29) is 5.82 Å². The lowest BCUT2D eigenvalue weighted by atomic mass is 9.93. The van der Waals surface area contributed by atoms with Crippen molar-refractivity contribution in [2.45, 2.75) is 25.3 Å². The number of aromatic nitrogens is 2. The van der Waals surface area contributed by atoms with Crippen molar-refractivity contribution in [2.75, 3.05) is 0 Å². The van der Waals surface area contributed by atoms with E-state index in [1.807, 2.05) is 4.57 Å². The summed E-state index contributed by atoms with van der Waals surface area (Å²) >= 11 is 0. The Hall–Kier alpha value is -1.39. The van der Waals surface area contributed by atoms with Crippen LogP contribution in [0.2, 0.25) is 0 Å². The minimum atomic E-state index is -0.463. The SMILES string of the molecule is O=[N+]([O-])c1cn(C2CCC2)cn1. The van der Waals surface area contributed by atoms with Crippen molar-refractivity contribution < 1.29 is 4.92 Å². The molecule has 0 amide bonds. The van der Waals surface area contributed by atoms with Crippen LogP contribution in [0.4, 0.5) is 5.82 Å². The van der Waals surface area contributed by atoms with Crippen molar-refractivity contribution in [3.8, 4) is 0 Å². The fraction of sp³-hybridized carbons (Fsp3) is 0.571. The third kappa shape index (κ3) is 1.07. The van der Waals surface area contributed by atoms with Gasteiger partial charge in [-0.3, -0.25) is 0 Å². The molecule has 1 aromatic heterocycles. The van der Waals surface area contributed by atoms with Gasteiger partial charge in [-0.25, -0.2) is 0 Å². The Morgan fingerprint density at radius 1 is 1.67 bits per heavy atom. The van der Waals surface area contributed by atoms with Crippen molar-refractivity contribution in [3.63, 3.8) is 0 Å². The summed E-state index contributed by atoms with van der Waals surface area (Å²) in [6, 6.07) is 0.450. The largest absolute Gasteiger partial charge is 0.381 e. The van der Waals surface area contributed by atoms with E-state index in [2.05, 4.69) is 4.98 Å². The number of hydrogen-bond donors (Lipinski definition) is 0. The molecule has 5 nitrogen and oxygen atoms in total. The highest BCUT2D eigenvalue weighted by Crippen LogP contribution is 2.31. The van der Waals surface area contributed by atoms with Crippen LogP contribution in [0.1, 0.15) is 25.3 Å². The van der Waals surface area contributed by atoms with Crippen LogP contribution < -0.4 is 0 Å². The maximum Gasteiger partial charge on any atom is 0.381 e. The van der Waals surface area contributed by atoms with E-state index < -0.39 is 4.92 Å². The van der Waals surface area contributed by atoms with Gasteiger partial charge in [0.2, 0.25) is 6.33 Å². The Labute approximate surface area is 69.2 Å². The molecule has 12 heavy (non-hydrogen) atoms. The van der Waals surface area contributed by atoms with Gasteiger partial charge in [0.1, 0.15) is 6.20 Å². The molecule has 0 saturated heterocycles. The topological polar surface area (TPSA) is 61.0 Å². The van der Waals surface area contributed by atoms with Crippen LogP contribution in [0.15, 0.2) is 12.5 Å². The quantitative estimate of drug-likeness (QED) is 0.495. The van der Waals surface area contributed by atoms with Gasteiger partial charge in [0.05, 0.1) is 0 Å². The lowest BCUT2D eigenvalue weighted by Gasteiger charge is -2.25. The average molecular weight is 167 g/mol. The second kappa shape index (κ2) is 2.58. The Morgan fingerprint density at radius 2 is 2.42 bits per heavy atom. The number of hydrogen-bond acceptors (Lipinski definition) is 3. The summed E-state index contributed by atoms with van der Waals surface area (Å²) in [6.45, 7) is 0. The molecule has 0 aromatic carbocycles. The van der Waals surface area contributed by atoms with Crippen LogP contribution in [0.25, 0.3) is 0 Å². The normalized spacial score (nSPS) is 17.3. The molecule has 1 saturated carbocycles. The van der Waals surface area contributed by atoms with Crippen LogP contribution in [-0.4, -0.2) is 14.5 Å². The molecule has 1 heterocycles. The highest BCUT2D eigenvalue weighted by atomic mass is 16.6. The zero-order valence-corrected chi connectivity index (χ0v) is 6.51. The van der Waals surface area contributed by atoms with E-state index in [0.29, 0.717) is 6.04 Å². The number of nitrogens with zero attached hydrogens (tertiary/aromatic N) is 3. The zero-order valence-electron chi connectivity index (χ0n) is 6.51. The van der Waals surface area contributed by atoms with Crippen LogP contribution in [0.3, 0.4) is 0 Å². The lowest BCUT2D eigenvalue weighted by molar-refractivity contribution is -0.389. The molecule has 0 spiro atoms. The third-order valence-electron chi connectivity index (χ3n) is 2.27. The molecule has 1 fully saturated rings. The van der Waals surface area contributed by atoms with Gasteiger partial charge in [-0.2, -0.15) is 0 Å². The van der Waals surface area contributed by atoms with Crippen molar-refractivity contribution in [1.29, 1.82) is 0 Å². The maximum absolute atomic E-state index is 10.3. The minimum absolute atomic E-state index is 0.0538. The number of imidazole rings is 1. The summed E-state index contributed by atoms with van der Waals surface area (Å²) in [7, 11) is 0. The van der Waals surface area contributed by atoms with E-state index in [9.17, 15) is 10.1 Å². The lowest BCUT2D eigenvalue weighted by Crippen LogP contribution is -2.14. The fourth-order valence-corrected chi connectivity index (χ4v) is 1.30. The molecule has 64 valence electrons. The third-order valence-corrected chi connectivity index (χ3v) is 2.27. The van der Waals surface area contributed by atoms with E-state index in [1.54, 1.807) is 6.33 Å². The summed E-state index contributed by atoms with van der Waals surface area (Å²) in [6.07, 6.45) is 6.50. The molecular weight excluding hydrogens is 158 g/mol. The standard InChI is InChI=1S/C7H9N3O2/c11-10(12)7-4-9(5-8-7)6-2-1-3-6/h4-6H,1-3H2. The molecule has 5 heteroatoms. The van der Waals surface area contributed by atoms with Gasteiger partial charge in [-0.05, 0) is 29.2 Å². The molecule has 1 aliphatic carbocycles. The van der Waals surface area contributed by atoms with Crippen molar-refractivity contribution >= 4 is 5.82 Å². The molecule has 1 aromatic rings. The molecule has 1 aliphatic rings. The van der Waals surface area contributed by atoms with Gasteiger partial charge in [0, 0.05) is 6.04 Å². The predicted octanol–water partition coefficient (Wildman–Crippen LogP) is 1.52. The second-order valence-corrected chi connectivity index (χ2v) is 3.02.